The second kappa shape index (κ2) is 8.52. The summed E-state index contributed by atoms with van der Waals surface area (Å²) < 4.78 is 1.57. The van der Waals surface area contributed by atoms with Gasteiger partial charge in [-0.2, -0.15) is 5.10 Å². The van der Waals surface area contributed by atoms with Gasteiger partial charge in [-0.1, -0.05) is 56.3 Å². The Balaban J connectivity index is 1.84. The van der Waals surface area contributed by atoms with Crippen LogP contribution >= 0.6 is 0 Å². The van der Waals surface area contributed by atoms with Crippen LogP contribution in [-0.2, 0) is 11.3 Å². The van der Waals surface area contributed by atoms with Gasteiger partial charge in [0, 0.05) is 18.5 Å². The van der Waals surface area contributed by atoms with Gasteiger partial charge in [-0.05, 0) is 30.2 Å². The molecule has 2 N–H and O–H groups in total. The van der Waals surface area contributed by atoms with Crippen LogP contribution in [0, 0.1) is 12.8 Å². The molecule has 6 nitrogen and oxygen atoms in total. The van der Waals surface area contributed by atoms with E-state index < -0.39 is 0 Å². The van der Waals surface area contributed by atoms with Crippen LogP contribution in [0.15, 0.2) is 60.7 Å². The fraction of sp³-hybridized carbons (Fsp3) is 0.227. The number of hydrogen-bond acceptors (Lipinski definition) is 3. The monoisotopic (exact) mass is 376 g/mol. The summed E-state index contributed by atoms with van der Waals surface area (Å²) in [5.74, 6) is -0.148. The SMILES string of the molecule is Cc1ccccc1CNC(=O)c1cc(NC(=O)C(C)C)n(-c2ccccc2)n1. The maximum absolute atomic E-state index is 12.6. The van der Waals surface area contributed by atoms with Gasteiger partial charge in [0.25, 0.3) is 5.91 Å². The van der Waals surface area contributed by atoms with Crippen LogP contribution < -0.4 is 10.6 Å². The standard InChI is InChI=1S/C22H24N4O2/c1-15(2)21(27)24-20-13-19(25-26(20)18-11-5-4-6-12-18)22(28)23-14-17-10-8-7-9-16(17)3/h4-13,15H,14H2,1-3H3,(H,23,28)(H,24,27). The van der Waals surface area contributed by atoms with Gasteiger partial charge < -0.3 is 10.6 Å². The Hall–Kier alpha value is -3.41. The second-order valence-electron chi connectivity index (χ2n) is 6.92. The van der Waals surface area contributed by atoms with Crippen molar-refractivity contribution in [3.8, 4) is 5.69 Å². The Labute approximate surface area is 164 Å². The summed E-state index contributed by atoms with van der Waals surface area (Å²) in [7, 11) is 0. The molecule has 0 radical (unpaired) electrons. The number of rotatable bonds is 6. The van der Waals surface area contributed by atoms with Crippen LogP contribution in [0.5, 0.6) is 0 Å². The van der Waals surface area contributed by atoms with Crippen molar-refractivity contribution < 1.29 is 9.59 Å². The number of carbonyl (C=O) groups is 2. The van der Waals surface area contributed by atoms with Gasteiger partial charge in [0.2, 0.25) is 5.91 Å². The van der Waals surface area contributed by atoms with Gasteiger partial charge >= 0.3 is 0 Å². The fourth-order valence-corrected chi connectivity index (χ4v) is 2.69. The van der Waals surface area contributed by atoms with Gasteiger partial charge in [0.1, 0.15) is 5.82 Å². The zero-order valence-electron chi connectivity index (χ0n) is 16.3. The molecular weight excluding hydrogens is 352 g/mol. The van der Waals surface area contributed by atoms with Crippen LogP contribution in [0.25, 0.3) is 5.69 Å². The summed E-state index contributed by atoms with van der Waals surface area (Å²) in [6.07, 6.45) is 0. The Kier molecular flexibility index (Phi) is 5.89. The normalized spacial score (nSPS) is 10.7. The number of amides is 2. The van der Waals surface area contributed by atoms with E-state index in [0.29, 0.717) is 12.4 Å². The minimum atomic E-state index is -0.294. The van der Waals surface area contributed by atoms with Crippen LogP contribution in [0.4, 0.5) is 5.82 Å². The van der Waals surface area contributed by atoms with E-state index in [-0.39, 0.29) is 23.4 Å². The first-order valence-corrected chi connectivity index (χ1v) is 9.24. The first-order valence-electron chi connectivity index (χ1n) is 9.24. The highest BCUT2D eigenvalue weighted by Crippen LogP contribution is 2.18. The summed E-state index contributed by atoms with van der Waals surface area (Å²) in [5.41, 5.74) is 3.17. The molecular formula is C22H24N4O2. The van der Waals surface area contributed by atoms with Crippen LogP contribution in [0.3, 0.4) is 0 Å². The predicted molar refractivity (Wildman–Crippen MR) is 109 cm³/mol. The molecule has 0 spiro atoms. The first-order chi connectivity index (χ1) is 13.5. The smallest absolute Gasteiger partial charge is 0.272 e. The molecule has 0 saturated heterocycles. The van der Waals surface area contributed by atoms with E-state index in [1.54, 1.807) is 10.7 Å². The molecule has 0 aliphatic heterocycles. The Morgan fingerprint density at radius 3 is 2.39 bits per heavy atom. The molecule has 144 valence electrons. The number of nitrogens with one attached hydrogen (secondary N) is 2. The average molecular weight is 376 g/mol. The van der Waals surface area contributed by atoms with E-state index in [9.17, 15) is 9.59 Å². The first kappa shape index (κ1) is 19.4. The third-order valence-electron chi connectivity index (χ3n) is 4.42. The van der Waals surface area contributed by atoms with E-state index in [2.05, 4.69) is 15.7 Å². The summed E-state index contributed by atoms with van der Waals surface area (Å²) >= 11 is 0. The quantitative estimate of drug-likeness (QED) is 0.689. The maximum Gasteiger partial charge on any atom is 0.272 e. The molecule has 0 saturated carbocycles. The molecule has 28 heavy (non-hydrogen) atoms. The number of nitrogens with zero attached hydrogens (tertiary/aromatic N) is 2. The number of anilines is 1. The van der Waals surface area contributed by atoms with Crippen molar-refractivity contribution >= 4 is 17.6 Å². The highest BCUT2D eigenvalue weighted by Gasteiger charge is 2.18. The molecule has 0 aliphatic rings. The lowest BCUT2D eigenvalue weighted by molar-refractivity contribution is -0.118. The van der Waals surface area contributed by atoms with Gasteiger partial charge in [-0.15, -0.1) is 0 Å². The lowest BCUT2D eigenvalue weighted by atomic mass is 10.1. The van der Waals surface area contributed by atoms with E-state index >= 15 is 0 Å². The molecule has 0 aliphatic carbocycles. The van der Waals surface area contributed by atoms with E-state index in [1.165, 1.54) is 0 Å². The number of para-hydroxylation sites is 1. The van der Waals surface area contributed by atoms with E-state index in [4.69, 9.17) is 0 Å². The van der Waals surface area contributed by atoms with Crippen molar-refractivity contribution in [1.82, 2.24) is 15.1 Å². The minimum absolute atomic E-state index is 0.135. The summed E-state index contributed by atoms with van der Waals surface area (Å²) in [6.45, 7) is 6.05. The summed E-state index contributed by atoms with van der Waals surface area (Å²) in [6, 6.07) is 18.9. The van der Waals surface area contributed by atoms with Crippen LogP contribution in [0.2, 0.25) is 0 Å². The lowest BCUT2D eigenvalue weighted by Gasteiger charge is -2.10. The molecule has 1 heterocycles. The molecule has 3 aromatic rings. The predicted octanol–water partition coefficient (Wildman–Crippen LogP) is 3.71. The molecule has 0 bridgehead atoms. The molecule has 2 aromatic carbocycles. The Morgan fingerprint density at radius 1 is 1.04 bits per heavy atom. The van der Waals surface area contributed by atoms with Crippen molar-refractivity contribution in [2.24, 2.45) is 5.92 Å². The number of aryl methyl sites for hydroxylation is 1. The number of hydrogen-bond donors (Lipinski definition) is 2. The maximum atomic E-state index is 12.6. The molecule has 6 heteroatoms. The van der Waals surface area contributed by atoms with Gasteiger partial charge in [-0.25, -0.2) is 4.68 Å². The van der Waals surface area contributed by atoms with Crippen molar-refractivity contribution in [3.63, 3.8) is 0 Å². The van der Waals surface area contributed by atoms with Crippen molar-refractivity contribution in [2.45, 2.75) is 27.3 Å². The zero-order chi connectivity index (χ0) is 20.1. The Morgan fingerprint density at radius 2 is 1.71 bits per heavy atom. The highest BCUT2D eigenvalue weighted by molar-refractivity contribution is 5.96. The molecule has 0 unspecified atom stereocenters. The largest absolute Gasteiger partial charge is 0.347 e. The topological polar surface area (TPSA) is 76.0 Å². The van der Waals surface area contributed by atoms with E-state index in [0.717, 1.165) is 16.8 Å². The molecule has 0 atom stereocenters. The highest BCUT2D eigenvalue weighted by atomic mass is 16.2. The van der Waals surface area contributed by atoms with Crippen LogP contribution in [-0.4, -0.2) is 21.6 Å². The third kappa shape index (κ3) is 4.46. The zero-order valence-corrected chi connectivity index (χ0v) is 16.3. The number of carbonyl (C=O) groups excluding carboxylic acids is 2. The van der Waals surface area contributed by atoms with Gasteiger partial charge in [-0.3, -0.25) is 9.59 Å². The van der Waals surface area contributed by atoms with Crippen LogP contribution in [0.1, 0.15) is 35.5 Å². The number of benzene rings is 2. The van der Waals surface area contributed by atoms with Gasteiger partial charge in [0.15, 0.2) is 5.69 Å². The Bertz CT molecular complexity index is 977. The lowest BCUT2D eigenvalue weighted by Crippen LogP contribution is -2.23. The third-order valence-corrected chi connectivity index (χ3v) is 4.42. The van der Waals surface area contributed by atoms with E-state index in [1.807, 2.05) is 75.4 Å². The second-order valence-corrected chi connectivity index (χ2v) is 6.92. The summed E-state index contributed by atoms with van der Waals surface area (Å²) in [5, 5.41) is 10.2. The van der Waals surface area contributed by atoms with Crippen molar-refractivity contribution in [1.29, 1.82) is 0 Å². The van der Waals surface area contributed by atoms with Crippen molar-refractivity contribution in [2.75, 3.05) is 5.32 Å². The average Bonchev–Trinajstić information content (AvgIpc) is 3.11. The molecule has 0 fully saturated rings. The minimum Gasteiger partial charge on any atom is -0.347 e. The van der Waals surface area contributed by atoms with Crippen molar-refractivity contribution in [3.05, 3.63) is 77.5 Å². The number of aromatic nitrogens is 2. The summed E-state index contributed by atoms with van der Waals surface area (Å²) in [4.78, 5) is 24.8. The fourth-order valence-electron chi connectivity index (χ4n) is 2.69. The molecule has 1 aromatic heterocycles. The molecule has 3 rings (SSSR count). The molecule has 2 amide bonds. The van der Waals surface area contributed by atoms with Gasteiger partial charge in [0.05, 0.1) is 5.69 Å².